The molecule has 0 atom stereocenters. The zero-order valence-corrected chi connectivity index (χ0v) is 19.9. The van der Waals surface area contributed by atoms with Gasteiger partial charge in [-0.15, -0.1) is 14.8 Å². The Labute approximate surface area is 216 Å². The molecule has 0 aliphatic heterocycles. The number of nitrogens with two attached hydrogens (primary N) is 1. The number of hydrogen-bond donors (Lipinski definition) is 3. The third-order valence-electron chi connectivity index (χ3n) is 5.38. The van der Waals surface area contributed by atoms with Crippen molar-refractivity contribution in [1.29, 1.82) is 0 Å². The van der Waals surface area contributed by atoms with Gasteiger partial charge in [0, 0.05) is 16.8 Å². The van der Waals surface area contributed by atoms with E-state index < -0.39 is 36.2 Å². The van der Waals surface area contributed by atoms with E-state index in [2.05, 4.69) is 27.1 Å². The van der Waals surface area contributed by atoms with E-state index in [-0.39, 0.29) is 50.7 Å². The van der Waals surface area contributed by atoms with Gasteiger partial charge in [-0.05, 0) is 35.9 Å². The highest BCUT2D eigenvalue weighted by Gasteiger charge is 2.29. The zero-order valence-electron chi connectivity index (χ0n) is 19.9. The fourth-order valence-corrected chi connectivity index (χ4v) is 3.67. The highest BCUT2D eigenvalue weighted by Crippen LogP contribution is 2.40. The number of benzene rings is 2. The van der Waals surface area contributed by atoms with Crippen LogP contribution >= 0.6 is 0 Å². The summed E-state index contributed by atoms with van der Waals surface area (Å²) in [4.78, 5) is 27.9. The molecule has 15 heteroatoms. The van der Waals surface area contributed by atoms with Crippen molar-refractivity contribution in [2.45, 2.75) is 6.18 Å². The molecule has 2 aromatic heterocycles. The topological polar surface area (TPSA) is 137 Å². The first-order valence-corrected chi connectivity index (χ1v) is 10.9. The summed E-state index contributed by atoms with van der Waals surface area (Å²) >= 11 is 0. The van der Waals surface area contributed by atoms with Crippen molar-refractivity contribution >= 4 is 28.8 Å². The van der Waals surface area contributed by atoms with Gasteiger partial charge >= 0.3 is 6.18 Å². The Balaban J connectivity index is 1.84. The minimum absolute atomic E-state index is 0.0174. The summed E-state index contributed by atoms with van der Waals surface area (Å²) in [6.07, 6.45) is -3.50. The lowest BCUT2D eigenvalue weighted by Crippen LogP contribution is -2.33. The first kappa shape index (κ1) is 27.0. The average molecular weight is 547 g/mol. The molecule has 0 saturated carbocycles. The number of alkyl halides is 3. The van der Waals surface area contributed by atoms with Gasteiger partial charge in [0.25, 0.3) is 11.8 Å². The van der Waals surface area contributed by atoms with Crippen LogP contribution in [0.2, 0.25) is 0 Å². The summed E-state index contributed by atoms with van der Waals surface area (Å²) < 4.78 is 72.3. The number of rotatable bonds is 7. The minimum Gasteiger partial charge on any atom is -0.496 e. The molecule has 0 aliphatic carbocycles. The predicted octanol–water partition coefficient (Wildman–Crippen LogP) is 3.90. The predicted molar refractivity (Wildman–Crippen MR) is 130 cm³/mol. The molecule has 0 spiro atoms. The molecule has 4 N–H and O–H groups in total. The van der Waals surface area contributed by atoms with Crippen LogP contribution in [0, 0.1) is 5.82 Å². The van der Waals surface area contributed by atoms with Gasteiger partial charge < -0.3 is 21.1 Å². The molecule has 0 unspecified atom stereocenters. The van der Waals surface area contributed by atoms with E-state index in [4.69, 9.17) is 10.5 Å². The maximum Gasteiger partial charge on any atom is 0.405 e. The molecule has 2 amide bonds. The third kappa shape index (κ3) is 5.61. The zero-order chi connectivity index (χ0) is 28.5. The van der Waals surface area contributed by atoms with Crippen molar-refractivity contribution in [2.24, 2.45) is 0 Å². The number of carbonyl (C=O) groups is 2. The smallest absolute Gasteiger partial charge is 0.405 e. The highest BCUT2D eigenvalue weighted by molar-refractivity contribution is 6.02. The largest absolute Gasteiger partial charge is 0.496 e. The summed E-state index contributed by atoms with van der Waals surface area (Å²) in [7, 11) is 1.22. The van der Waals surface area contributed by atoms with Gasteiger partial charge in [0.05, 0.1) is 12.7 Å². The molecular weight excluding hydrogens is 529 g/mol. The number of methoxy groups -OCH3 is 1. The third-order valence-corrected chi connectivity index (χ3v) is 5.38. The Kier molecular flexibility index (Phi) is 7.16. The molecule has 0 fully saturated rings. The maximum atomic E-state index is 15.3. The fourth-order valence-electron chi connectivity index (χ4n) is 3.67. The molecule has 0 saturated heterocycles. The van der Waals surface area contributed by atoms with Crippen LogP contribution in [0.5, 0.6) is 5.75 Å². The van der Waals surface area contributed by atoms with E-state index in [1.807, 2.05) is 0 Å². The molecule has 2 aromatic carbocycles. The van der Waals surface area contributed by atoms with Crippen LogP contribution in [0.25, 0.3) is 27.9 Å². The lowest BCUT2D eigenvalue weighted by Gasteiger charge is -2.13. The van der Waals surface area contributed by atoms with Gasteiger partial charge in [-0.3, -0.25) is 9.59 Å². The van der Waals surface area contributed by atoms with Gasteiger partial charge in [0.2, 0.25) is 0 Å². The van der Waals surface area contributed by atoms with E-state index in [9.17, 15) is 27.2 Å². The standard InChI is InChI=1S/C24H18F5N7O3/c1-11(25)22(37)34-13-4-6-14(16(26)8-13)19-18(20-21(30)32-10-33-36(20)35-19)12-3-5-15(17(7-12)39-2)23(38)31-9-24(27,28)29/h3-8,10H,1,9H2,2H3,(H,31,38)(H,34,37)(H2,30,32,33). The lowest BCUT2D eigenvalue weighted by molar-refractivity contribution is -0.123. The van der Waals surface area contributed by atoms with Crippen molar-refractivity contribution in [1.82, 2.24) is 25.1 Å². The van der Waals surface area contributed by atoms with E-state index in [0.717, 1.165) is 17.0 Å². The van der Waals surface area contributed by atoms with Crippen LogP contribution in [-0.2, 0) is 4.79 Å². The number of ether oxygens (including phenoxy) is 1. The van der Waals surface area contributed by atoms with Crippen LogP contribution in [0.1, 0.15) is 10.4 Å². The normalized spacial score (nSPS) is 11.3. The maximum absolute atomic E-state index is 15.3. The summed E-state index contributed by atoms with van der Waals surface area (Å²) in [6.45, 7) is 1.33. The number of carbonyl (C=O) groups excluding carboxylic acids is 2. The molecule has 202 valence electrons. The van der Waals surface area contributed by atoms with E-state index in [1.165, 1.54) is 37.4 Å². The molecule has 10 nitrogen and oxygen atoms in total. The Morgan fingerprint density at radius 1 is 1.18 bits per heavy atom. The number of nitrogens with one attached hydrogen (secondary N) is 2. The first-order valence-electron chi connectivity index (χ1n) is 10.9. The van der Waals surface area contributed by atoms with Gasteiger partial charge in [0.1, 0.15) is 35.6 Å². The molecule has 0 aliphatic rings. The Morgan fingerprint density at radius 2 is 1.92 bits per heavy atom. The number of hydrogen-bond acceptors (Lipinski definition) is 7. The number of anilines is 2. The average Bonchev–Trinajstić information content (AvgIpc) is 3.27. The molecule has 0 radical (unpaired) electrons. The number of amides is 2. The Hall–Kier alpha value is -5.08. The lowest BCUT2D eigenvalue weighted by atomic mass is 9.97. The van der Waals surface area contributed by atoms with Crippen molar-refractivity contribution in [3.05, 3.63) is 66.5 Å². The fraction of sp³-hybridized carbons (Fsp3) is 0.125. The minimum atomic E-state index is -4.62. The van der Waals surface area contributed by atoms with Crippen LogP contribution in [0.3, 0.4) is 0 Å². The molecule has 39 heavy (non-hydrogen) atoms. The van der Waals surface area contributed by atoms with Crippen LogP contribution < -0.4 is 21.1 Å². The molecular formula is C24H18F5N7O3. The van der Waals surface area contributed by atoms with Crippen molar-refractivity contribution in [3.63, 3.8) is 0 Å². The second-order valence-corrected chi connectivity index (χ2v) is 7.97. The summed E-state index contributed by atoms with van der Waals surface area (Å²) in [5.41, 5.74) is 6.42. The van der Waals surface area contributed by atoms with Gasteiger partial charge in [-0.2, -0.15) is 13.2 Å². The Morgan fingerprint density at radius 3 is 2.56 bits per heavy atom. The van der Waals surface area contributed by atoms with E-state index >= 15 is 4.39 Å². The quantitative estimate of drug-likeness (QED) is 0.236. The van der Waals surface area contributed by atoms with Crippen molar-refractivity contribution in [3.8, 4) is 28.1 Å². The number of fused-ring (bicyclic) bond motifs is 1. The number of nitrogens with zero attached hydrogens (tertiary/aromatic N) is 4. The summed E-state index contributed by atoms with van der Waals surface area (Å²) in [5.74, 6) is -4.42. The van der Waals surface area contributed by atoms with Crippen molar-refractivity contribution in [2.75, 3.05) is 24.7 Å². The van der Waals surface area contributed by atoms with Gasteiger partial charge in [0.15, 0.2) is 11.6 Å². The number of halogens is 5. The molecule has 4 rings (SSSR count). The van der Waals surface area contributed by atoms with Crippen LogP contribution in [0.4, 0.5) is 33.5 Å². The Bertz CT molecular complexity index is 1620. The second-order valence-electron chi connectivity index (χ2n) is 7.97. The summed E-state index contributed by atoms with van der Waals surface area (Å²) in [6, 6.07) is 7.47. The van der Waals surface area contributed by atoms with E-state index in [0.29, 0.717) is 0 Å². The monoisotopic (exact) mass is 547 g/mol. The highest BCUT2D eigenvalue weighted by atomic mass is 19.4. The number of aromatic nitrogens is 4. The van der Waals surface area contributed by atoms with Crippen LogP contribution in [-0.4, -0.2) is 51.5 Å². The SMILES string of the molecule is C=C(F)C(=O)Nc1ccc(-c2nn3ncnc(N)c3c2-c2ccc(C(=O)NCC(F)(F)F)c(OC)c2)c(F)c1. The summed E-state index contributed by atoms with van der Waals surface area (Å²) in [5, 5.41) is 12.2. The molecule has 2 heterocycles. The first-order chi connectivity index (χ1) is 18.4. The van der Waals surface area contributed by atoms with Gasteiger partial charge in [-0.25, -0.2) is 13.8 Å². The number of nitrogen functional groups attached to an aromatic ring is 1. The molecule has 4 aromatic rings. The second kappa shape index (κ2) is 10.4. The van der Waals surface area contributed by atoms with Crippen molar-refractivity contribution < 1.29 is 36.3 Å². The molecule has 0 bridgehead atoms. The van der Waals surface area contributed by atoms with E-state index in [1.54, 1.807) is 5.32 Å². The van der Waals surface area contributed by atoms with Crippen LogP contribution in [0.15, 0.2) is 55.1 Å². The van der Waals surface area contributed by atoms with Gasteiger partial charge in [-0.1, -0.05) is 12.6 Å².